The van der Waals surface area contributed by atoms with Crippen LogP contribution in [0, 0.1) is 11.3 Å². The Morgan fingerprint density at radius 1 is 1.07 bits per heavy atom. The first-order valence-corrected chi connectivity index (χ1v) is 10.3. The van der Waals surface area contributed by atoms with Crippen molar-refractivity contribution in [2.45, 2.75) is 64.5 Å². The monoisotopic (exact) mass is 414 g/mol. The fourth-order valence-corrected chi connectivity index (χ4v) is 4.45. The lowest BCUT2D eigenvalue weighted by Crippen LogP contribution is -2.41. The summed E-state index contributed by atoms with van der Waals surface area (Å²) in [6.45, 7) is 5.45. The highest BCUT2D eigenvalue weighted by molar-refractivity contribution is 6.20. The van der Waals surface area contributed by atoms with Crippen molar-refractivity contribution >= 4 is 23.9 Å². The molecule has 30 heavy (non-hydrogen) atoms. The molecular formula is C22H26N2O6. The maximum absolute atomic E-state index is 12.6. The number of nitrogens with one attached hydrogen (secondary N) is 1. The Hall–Kier alpha value is -2.90. The van der Waals surface area contributed by atoms with Crippen molar-refractivity contribution < 1.29 is 28.8 Å². The van der Waals surface area contributed by atoms with Crippen LogP contribution in [0.5, 0.6) is 0 Å². The van der Waals surface area contributed by atoms with Gasteiger partial charge in [0.25, 0.3) is 11.8 Å². The number of alkyl carbamates (subject to hydrolysis) is 1. The lowest BCUT2D eigenvalue weighted by molar-refractivity contribution is -0.171. The highest BCUT2D eigenvalue weighted by atomic mass is 16.7. The second-order valence-electron chi connectivity index (χ2n) is 9.40. The highest BCUT2D eigenvalue weighted by Crippen LogP contribution is 2.61. The Labute approximate surface area is 174 Å². The number of hydrogen-bond donors (Lipinski definition) is 1. The number of nitrogens with zero attached hydrogens (tertiary/aromatic N) is 1. The first kappa shape index (κ1) is 20.4. The highest BCUT2D eigenvalue weighted by Gasteiger charge is 2.60. The fourth-order valence-electron chi connectivity index (χ4n) is 4.45. The Morgan fingerprint density at radius 3 is 2.17 bits per heavy atom. The minimum Gasteiger partial charge on any atom is -0.444 e. The molecule has 0 aromatic heterocycles. The van der Waals surface area contributed by atoms with Crippen LogP contribution in [0.15, 0.2) is 24.3 Å². The van der Waals surface area contributed by atoms with Crippen LogP contribution in [-0.4, -0.2) is 40.6 Å². The van der Waals surface area contributed by atoms with Gasteiger partial charge in [0.1, 0.15) is 5.60 Å². The zero-order valence-corrected chi connectivity index (χ0v) is 17.4. The number of fused-ring (bicyclic) bond motifs is 1. The number of hydrogen-bond acceptors (Lipinski definition) is 6. The van der Waals surface area contributed by atoms with Crippen LogP contribution < -0.4 is 5.32 Å². The first-order chi connectivity index (χ1) is 14.1. The molecule has 0 saturated heterocycles. The van der Waals surface area contributed by atoms with Crippen LogP contribution in [0.1, 0.15) is 73.6 Å². The molecule has 8 heteroatoms. The number of ether oxygens (including phenoxy) is 1. The topological polar surface area (TPSA) is 102 Å². The number of rotatable bonds is 3. The predicted molar refractivity (Wildman–Crippen MR) is 105 cm³/mol. The molecule has 3 amide bonds. The molecule has 160 valence electrons. The van der Waals surface area contributed by atoms with E-state index in [1.165, 1.54) is 0 Å². The summed E-state index contributed by atoms with van der Waals surface area (Å²) in [7, 11) is 0. The Balaban J connectivity index is 1.29. The molecule has 1 aromatic carbocycles. The largest absolute Gasteiger partial charge is 0.444 e. The second kappa shape index (κ2) is 7.11. The van der Waals surface area contributed by atoms with Crippen LogP contribution in [0.2, 0.25) is 0 Å². The summed E-state index contributed by atoms with van der Waals surface area (Å²) >= 11 is 0. The van der Waals surface area contributed by atoms with Gasteiger partial charge in [0.15, 0.2) is 0 Å². The molecule has 2 saturated carbocycles. The van der Waals surface area contributed by atoms with Gasteiger partial charge in [-0.1, -0.05) is 17.2 Å². The summed E-state index contributed by atoms with van der Waals surface area (Å²) in [6.07, 6.45) is 3.28. The van der Waals surface area contributed by atoms with Crippen molar-refractivity contribution in [1.82, 2.24) is 10.4 Å². The van der Waals surface area contributed by atoms with Gasteiger partial charge in [0, 0.05) is 6.04 Å². The quantitative estimate of drug-likeness (QED) is 0.762. The molecule has 8 nitrogen and oxygen atoms in total. The smallest absolute Gasteiger partial charge is 0.407 e. The van der Waals surface area contributed by atoms with Crippen molar-refractivity contribution in [2.24, 2.45) is 11.3 Å². The minimum absolute atomic E-state index is 0.0129. The van der Waals surface area contributed by atoms with E-state index >= 15 is 0 Å². The molecule has 1 heterocycles. The second-order valence-corrected chi connectivity index (χ2v) is 9.40. The third-order valence-corrected chi connectivity index (χ3v) is 6.11. The predicted octanol–water partition coefficient (Wildman–Crippen LogP) is 3.21. The van der Waals surface area contributed by atoms with Crippen molar-refractivity contribution in [2.75, 3.05) is 0 Å². The molecule has 1 aromatic rings. The number of amides is 3. The molecular weight excluding hydrogens is 388 g/mol. The third-order valence-electron chi connectivity index (χ3n) is 6.11. The molecule has 2 aliphatic carbocycles. The molecule has 1 atom stereocenters. The van der Waals surface area contributed by atoms with Gasteiger partial charge in [0.2, 0.25) is 0 Å². The molecule has 0 radical (unpaired) electrons. The summed E-state index contributed by atoms with van der Waals surface area (Å²) < 4.78 is 5.30. The number of carbonyl (C=O) groups excluding carboxylic acids is 4. The average molecular weight is 414 g/mol. The van der Waals surface area contributed by atoms with E-state index < -0.39 is 29.5 Å². The normalized spacial score (nSPS) is 27.6. The van der Waals surface area contributed by atoms with E-state index in [0.29, 0.717) is 11.5 Å². The van der Waals surface area contributed by atoms with Crippen LogP contribution in [-0.2, 0) is 14.4 Å². The van der Waals surface area contributed by atoms with Crippen LogP contribution in [0.3, 0.4) is 0 Å². The van der Waals surface area contributed by atoms with E-state index in [0.717, 1.165) is 25.7 Å². The maximum atomic E-state index is 12.6. The van der Waals surface area contributed by atoms with E-state index in [4.69, 9.17) is 9.57 Å². The lowest BCUT2D eigenvalue weighted by Gasteiger charge is -2.30. The number of carbonyl (C=O) groups is 4. The average Bonchev–Trinajstić information content (AvgIpc) is 3.33. The van der Waals surface area contributed by atoms with Gasteiger partial charge in [0.05, 0.1) is 17.0 Å². The zero-order valence-electron chi connectivity index (χ0n) is 17.4. The van der Waals surface area contributed by atoms with Crippen molar-refractivity contribution in [3.8, 4) is 0 Å². The number of imide groups is 1. The van der Waals surface area contributed by atoms with E-state index in [1.54, 1.807) is 24.3 Å². The van der Waals surface area contributed by atoms with Crippen LogP contribution >= 0.6 is 0 Å². The lowest BCUT2D eigenvalue weighted by atomic mass is 9.82. The van der Waals surface area contributed by atoms with Gasteiger partial charge in [-0.05, 0) is 70.4 Å². The Morgan fingerprint density at radius 2 is 1.63 bits per heavy atom. The molecule has 1 N–H and O–H groups in total. The third kappa shape index (κ3) is 3.78. The van der Waals surface area contributed by atoms with Gasteiger partial charge in [-0.3, -0.25) is 9.59 Å². The molecule has 1 aliphatic heterocycles. The van der Waals surface area contributed by atoms with Gasteiger partial charge in [-0.25, -0.2) is 9.59 Å². The molecule has 1 unspecified atom stereocenters. The van der Waals surface area contributed by atoms with Gasteiger partial charge in [-0.2, -0.15) is 0 Å². The zero-order chi connectivity index (χ0) is 21.7. The molecule has 1 spiro atoms. The Bertz CT molecular complexity index is 875. The minimum atomic E-state index is -0.607. The molecule has 4 rings (SSSR count). The first-order valence-electron chi connectivity index (χ1n) is 10.3. The number of hydroxylamine groups is 2. The summed E-state index contributed by atoms with van der Waals surface area (Å²) in [6, 6.07) is 6.42. The van der Waals surface area contributed by atoms with E-state index in [9.17, 15) is 19.2 Å². The summed E-state index contributed by atoms with van der Waals surface area (Å²) in [5.41, 5.74) is -0.221. The van der Waals surface area contributed by atoms with Crippen LogP contribution in [0.25, 0.3) is 0 Å². The van der Waals surface area contributed by atoms with E-state index in [2.05, 4.69) is 5.32 Å². The standard InChI is InChI=1S/C22H26N2O6/c1-21(2,3)29-20(28)23-13-8-10-22(11-9-13)12-16(22)19(27)30-24-17(25)14-6-4-5-7-15(14)18(24)26/h4-7,13,16H,8-12H2,1-3H3,(H,23,28). The van der Waals surface area contributed by atoms with E-state index in [1.807, 2.05) is 20.8 Å². The van der Waals surface area contributed by atoms with Gasteiger partial charge in [-0.15, -0.1) is 0 Å². The fraction of sp³-hybridized carbons (Fsp3) is 0.545. The summed E-state index contributed by atoms with van der Waals surface area (Å²) in [5.74, 6) is -2.08. The van der Waals surface area contributed by atoms with Crippen molar-refractivity contribution in [1.29, 1.82) is 0 Å². The molecule has 0 bridgehead atoms. The van der Waals surface area contributed by atoms with Crippen molar-refractivity contribution in [3.05, 3.63) is 35.4 Å². The van der Waals surface area contributed by atoms with Crippen molar-refractivity contribution in [3.63, 3.8) is 0 Å². The van der Waals surface area contributed by atoms with Crippen LogP contribution in [0.4, 0.5) is 4.79 Å². The van der Waals surface area contributed by atoms with E-state index in [-0.39, 0.29) is 28.5 Å². The summed E-state index contributed by atoms with van der Waals surface area (Å²) in [5, 5.41) is 3.47. The molecule has 2 fully saturated rings. The molecule has 3 aliphatic rings. The van der Waals surface area contributed by atoms with Gasteiger partial charge < -0.3 is 14.9 Å². The Kier molecular flexibility index (Phi) is 4.83. The maximum Gasteiger partial charge on any atom is 0.407 e. The number of benzene rings is 1. The summed E-state index contributed by atoms with van der Waals surface area (Å²) in [4.78, 5) is 54.6. The van der Waals surface area contributed by atoms with Gasteiger partial charge >= 0.3 is 12.1 Å². The SMILES string of the molecule is CC(C)(C)OC(=O)NC1CCC2(CC1)CC2C(=O)ON1C(=O)c2ccccc2C1=O.